The van der Waals surface area contributed by atoms with Crippen LogP contribution in [0.15, 0.2) is 16.6 Å². The maximum absolute atomic E-state index is 12.0. The SMILES string of the molecule is COc1ccsc1C(=O)NC(/C(N)=N/O)C(C)C. The number of ether oxygens (including phenoxy) is 1. The monoisotopic (exact) mass is 271 g/mol. The van der Waals surface area contributed by atoms with Crippen molar-refractivity contribution in [1.82, 2.24) is 5.32 Å². The third kappa shape index (κ3) is 3.13. The molecule has 1 unspecified atom stereocenters. The van der Waals surface area contributed by atoms with E-state index in [1.165, 1.54) is 18.4 Å². The third-order valence-corrected chi connectivity index (χ3v) is 3.34. The molecule has 4 N–H and O–H groups in total. The van der Waals surface area contributed by atoms with E-state index < -0.39 is 6.04 Å². The first-order valence-corrected chi connectivity index (χ1v) is 6.29. The van der Waals surface area contributed by atoms with Crippen LogP contribution in [0, 0.1) is 5.92 Å². The van der Waals surface area contributed by atoms with Crippen molar-refractivity contribution in [2.45, 2.75) is 19.9 Å². The Morgan fingerprint density at radius 3 is 2.78 bits per heavy atom. The summed E-state index contributed by atoms with van der Waals surface area (Å²) >= 11 is 1.28. The first-order chi connectivity index (χ1) is 8.51. The number of carbonyl (C=O) groups excluding carboxylic acids is 1. The molecule has 100 valence electrons. The Kier molecular flexibility index (Phi) is 4.96. The summed E-state index contributed by atoms with van der Waals surface area (Å²) in [5, 5.41) is 16.1. The predicted molar refractivity (Wildman–Crippen MR) is 70.4 cm³/mol. The number of carbonyl (C=O) groups is 1. The molecule has 6 nitrogen and oxygen atoms in total. The fraction of sp³-hybridized carbons (Fsp3) is 0.455. The molecule has 7 heteroatoms. The molecule has 1 aromatic rings. The van der Waals surface area contributed by atoms with E-state index in [-0.39, 0.29) is 17.7 Å². The van der Waals surface area contributed by atoms with Crippen molar-refractivity contribution in [1.29, 1.82) is 0 Å². The van der Waals surface area contributed by atoms with Crippen LogP contribution in [0.4, 0.5) is 0 Å². The van der Waals surface area contributed by atoms with Crippen LogP contribution in [-0.4, -0.2) is 30.1 Å². The summed E-state index contributed by atoms with van der Waals surface area (Å²) in [6.07, 6.45) is 0. The molecule has 1 rings (SSSR count). The molecule has 1 amide bonds. The van der Waals surface area contributed by atoms with Gasteiger partial charge in [-0.15, -0.1) is 11.3 Å². The average Bonchev–Trinajstić information content (AvgIpc) is 2.82. The van der Waals surface area contributed by atoms with Crippen molar-refractivity contribution in [2.24, 2.45) is 16.8 Å². The van der Waals surface area contributed by atoms with Gasteiger partial charge in [-0.3, -0.25) is 4.79 Å². The number of methoxy groups -OCH3 is 1. The fourth-order valence-electron chi connectivity index (χ4n) is 1.47. The second kappa shape index (κ2) is 6.25. The first-order valence-electron chi connectivity index (χ1n) is 5.41. The lowest BCUT2D eigenvalue weighted by Gasteiger charge is -2.20. The molecular weight excluding hydrogens is 254 g/mol. The Hall–Kier alpha value is -1.76. The number of thiophene rings is 1. The molecule has 0 radical (unpaired) electrons. The minimum absolute atomic E-state index is 0.0100. The van der Waals surface area contributed by atoms with Crippen LogP contribution in [-0.2, 0) is 0 Å². The minimum atomic E-state index is -0.519. The van der Waals surface area contributed by atoms with Crippen LogP contribution >= 0.6 is 11.3 Å². The number of amides is 1. The maximum atomic E-state index is 12.0. The van der Waals surface area contributed by atoms with Crippen molar-refractivity contribution in [3.05, 3.63) is 16.3 Å². The lowest BCUT2D eigenvalue weighted by atomic mass is 10.0. The van der Waals surface area contributed by atoms with Gasteiger partial charge < -0.3 is 21.0 Å². The van der Waals surface area contributed by atoms with Crippen LogP contribution in [0.2, 0.25) is 0 Å². The number of rotatable bonds is 5. The summed E-state index contributed by atoms with van der Waals surface area (Å²) in [4.78, 5) is 12.5. The van der Waals surface area contributed by atoms with Gasteiger partial charge in [0.2, 0.25) is 0 Å². The van der Waals surface area contributed by atoms with Crippen molar-refractivity contribution in [3.8, 4) is 5.75 Å². The minimum Gasteiger partial charge on any atom is -0.495 e. The van der Waals surface area contributed by atoms with Crippen LogP contribution in [0.5, 0.6) is 5.75 Å². The highest BCUT2D eigenvalue weighted by molar-refractivity contribution is 7.12. The molecule has 18 heavy (non-hydrogen) atoms. The van der Waals surface area contributed by atoms with E-state index in [2.05, 4.69) is 10.5 Å². The third-order valence-electron chi connectivity index (χ3n) is 2.44. The van der Waals surface area contributed by atoms with E-state index >= 15 is 0 Å². The second-order valence-electron chi connectivity index (χ2n) is 4.04. The standard InChI is InChI=1S/C11H17N3O3S/c1-6(2)8(10(12)14-16)13-11(15)9-7(17-3)4-5-18-9/h4-6,8,16H,1-3H3,(H2,12,14)(H,13,15). The predicted octanol–water partition coefficient (Wildman–Crippen LogP) is 1.26. The molecule has 0 saturated heterocycles. The van der Waals surface area contributed by atoms with E-state index in [1.54, 1.807) is 11.4 Å². The van der Waals surface area contributed by atoms with Gasteiger partial charge in [0, 0.05) is 0 Å². The number of hydrogen-bond donors (Lipinski definition) is 3. The molecular formula is C11H17N3O3S. The topological polar surface area (TPSA) is 96.9 Å². The average molecular weight is 271 g/mol. The summed E-state index contributed by atoms with van der Waals surface area (Å²) in [5.74, 6) is 0.205. The molecule has 0 spiro atoms. The van der Waals surface area contributed by atoms with Crippen LogP contribution < -0.4 is 15.8 Å². The number of nitrogens with two attached hydrogens (primary N) is 1. The summed E-state index contributed by atoms with van der Waals surface area (Å²) in [6.45, 7) is 3.74. The van der Waals surface area contributed by atoms with Crippen molar-refractivity contribution < 1.29 is 14.7 Å². The lowest BCUT2D eigenvalue weighted by Crippen LogP contribution is -2.47. The number of hydrogen-bond acceptors (Lipinski definition) is 5. The van der Waals surface area contributed by atoms with Gasteiger partial charge in [0.1, 0.15) is 10.6 Å². The van der Waals surface area contributed by atoms with Crippen molar-refractivity contribution in [2.75, 3.05) is 7.11 Å². The smallest absolute Gasteiger partial charge is 0.265 e. The maximum Gasteiger partial charge on any atom is 0.265 e. The molecule has 0 aliphatic heterocycles. The van der Waals surface area contributed by atoms with Gasteiger partial charge in [0.25, 0.3) is 5.91 Å². The zero-order chi connectivity index (χ0) is 13.7. The fourth-order valence-corrected chi connectivity index (χ4v) is 2.24. The van der Waals surface area contributed by atoms with Gasteiger partial charge in [-0.2, -0.15) is 0 Å². The van der Waals surface area contributed by atoms with Gasteiger partial charge >= 0.3 is 0 Å². The summed E-state index contributed by atoms with van der Waals surface area (Å²) < 4.78 is 5.07. The molecule has 1 atom stereocenters. The first kappa shape index (κ1) is 14.3. The van der Waals surface area contributed by atoms with Crippen LogP contribution in [0.3, 0.4) is 0 Å². The zero-order valence-electron chi connectivity index (χ0n) is 10.5. The van der Waals surface area contributed by atoms with E-state index in [0.29, 0.717) is 10.6 Å². The van der Waals surface area contributed by atoms with E-state index in [4.69, 9.17) is 15.7 Å². The van der Waals surface area contributed by atoms with Crippen LogP contribution in [0.25, 0.3) is 0 Å². The zero-order valence-corrected chi connectivity index (χ0v) is 11.3. The van der Waals surface area contributed by atoms with Gasteiger partial charge in [0.15, 0.2) is 5.84 Å². The quantitative estimate of drug-likeness (QED) is 0.325. The van der Waals surface area contributed by atoms with E-state index in [9.17, 15) is 4.79 Å². The van der Waals surface area contributed by atoms with E-state index in [0.717, 1.165) is 0 Å². The van der Waals surface area contributed by atoms with E-state index in [1.807, 2.05) is 13.8 Å². The summed E-state index contributed by atoms with van der Waals surface area (Å²) in [6, 6.07) is 1.20. The normalized spacial score (nSPS) is 13.4. The molecule has 0 saturated carbocycles. The molecule has 0 aliphatic rings. The lowest BCUT2D eigenvalue weighted by molar-refractivity contribution is 0.0940. The summed E-state index contributed by atoms with van der Waals surface area (Å²) in [7, 11) is 1.50. The highest BCUT2D eigenvalue weighted by Crippen LogP contribution is 2.24. The summed E-state index contributed by atoms with van der Waals surface area (Å²) in [5.41, 5.74) is 5.55. The Bertz CT molecular complexity index is 442. The Labute approximate surface area is 109 Å². The molecule has 0 aromatic carbocycles. The number of nitrogens with one attached hydrogen (secondary N) is 1. The Morgan fingerprint density at radius 2 is 2.28 bits per heavy atom. The molecule has 0 aliphatic carbocycles. The largest absolute Gasteiger partial charge is 0.495 e. The molecule has 1 aromatic heterocycles. The van der Waals surface area contributed by atoms with Crippen molar-refractivity contribution >= 4 is 23.1 Å². The van der Waals surface area contributed by atoms with Gasteiger partial charge in [-0.1, -0.05) is 19.0 Å². The second-order valence-corrected chi connectivity index (χ2v) is 4.95. The number of nitrogens with zero attached hydrogens (tertiary/aromatic N) is 1. The molecule has 0 fully saturated rings. The highest BCUT2D eigenvalue weighted by Gasteiger charge is 2.23. The highest BCUT2D eigenvalue weighted by atomic mass is 32.1. The molecule has 0 bridgehead atoms. The van der Waals surface area contributed by atoms with Gasteiger partial charge in [-0.25, -0.2) is 0 Å². The van der Waals surface area contributed by atoms with Crippen LogP contribution in [0.1, 0.15) is 23.5 Å². The number of oxime groups is 1. The Morgan fingerprint density at radius 1 is 1.61 bits per heavy atom. The van der Waals surface area contributed by atoms with Crippen molar-refractivity contribution in [3.63, 3.8) is 0 Å². The Balaban J connectivity index is 2.86. The molecule has 1 heterocycles. The van der Waals surface area contributed by atoms with Gasteiger partial charge in [-0.05, 0) is 17.4 Å². The number of amidine groups is 1. The van der Waals surface area contributed by atoms with Gasteiger partial charge in [0.05, 0.1) is 13.2 Å².